The van der Waals surface area contributed by atoms with Crippen molar-refractivity contribution in [3.8, 4) is 0 Å². The number of methoxy groups -OCH3 is 1. The van der Waals surface area contributed by atoms with Gasteiger partial charge in [0.25, 0.3) is 0 Å². The van der Waals surface area contributed by atoms with Gasteiger partial charge in [0.05, 0.1) is 52.8 Å². The molecule has 2 unspecified atom stereocenters. The molecule has 1 aliphatic heterocycles. The highest BCUT2D eigenvalue weighted by atomic mass is 32.1. The summed E-state index contributed by atoms with van der Waals surface area (Å²) in [6, 6.07) is 10.3. The number of fused-ring (bicyclic) bond motifs is 1. The van der Waals surface area contributed by atoms with E-state index >= 15 is 0 Å². The van der Waals surface area contributed by atoms with E-state index < -0.39 is 5.97 Å². The molecule has 0 spiro atoms. The number of Topliss-reactive ketones (excluding diaryl/α,β-unsaturated/α-hetero) is 1. The van der Waals surface area contributed by atoms with Crippen molar-refractivity contribution in [3.63, 3.8) is 0 Å². The van der Waals surface area contributed by atoms with Gasteiger partial charge in [0.1, 0.15) is 17.1 Å². The van der Waals surface area contributed by atoms with Crippen molar-refractivity contribution in [2.45, 2.75) is 97.8 Å². The standard InChI is InChI=1S/C16H20N2O2S.C11H13NO3.C10H13NO2.C7H11N3S/c19-6-5-13(9-14-2-1-7-20-14)17-10-12-3-4-15-16(8-12)21-11-18-15;1-15-8-10(4-5-11(13)14)9-3-2-6-12-7-9;1-3-9(5-4-8(2)12)10-6-11-7-13-10;1-5(2)9-6(3)7-10-8-4-11-7/h3-4,8,10-11,13-14,19H,1-2,5-7,9H2;2-4,6-7H,5,8H2,1H3,(H,13,14);3,6-7H,4-5H2,1-2H3;4-5H,1-3H3/b;10-4+;9-3+;. The van der Waals surface area contributed by atoms with E-state index in [0.29, 0.717) is 31.6 Å². The summed E-state index contributed by atoms with van der Waals surface area (Å²) in [7, 11) is 1.57. The molecule has 1 aromatic carbocycles. The first-order valence-electron chi connectivity index (χ1n) is 19.8. The van der Waals surface area contributed by atoms with E-state index in [1.54, 1.807) is 61.6 Å². The molecule has 1 aliphatic rings. The van der Waals surface area contributed by atoms with Crippen molar-refractivity contribution >= 4 is 67.7 Å². The molecule has 2 N–H and O–H groups in total. The number of hydrogen-bond acceptors (Lipinski definition) is 15. The molecule has 5 aromatic rings. The number of aliphatic imine (C=N–C) groups is 2. The normalized spacial score (nSPS) is 14.9. The maximum absolute atomic E-state index is 10.8. The van der Waals surface area contributed by atoms with E-state index in [1.165, 1.54) is 22.4 Å². The van der Waals surface area contributed by atoms with E-state index in [9.17, 15) is 14.7 Å². The van der Waals surface area contributed by atoms with E-state index in [4.69, 9.17) is 19.0 Å². The Hall–Kier alpha value is -5.13. The first-order chi connectivity index (χ1) is 29.0. The van der Waals surface area contributed by atoms with Crippen LogP contribution < -0.4 is 0 Å². The van der Waals surface area contributed by atoms with Crippen molar-refractivity contribution < 1.29 is 33.7 Å². The summed E-state index contributed by atoms with van der Waals surface area (Å²) in [5.74, 6) is 0.0927. The summed E-state index contributed by atoms with van der Waals surface area (Å²) >= 11 is 3.16. The minimum Gasteiger partial charge on any atom is -0.481 e. The smallest absolute Gasteiger partial charge is 0.307 e. The van der Waals surface area contributed by atoms with E-state index in [0.717, 1.165) is 76.6 Å². The number of allylic oxidation sites excluding steroid dienone is 2. The fourth-order valence-corrected chi connectivity index (χ4v) is 6.96. The van der Waals surface area contributed by atoms with Crippen molar-refractivity contribution in [2.75, 3.05) is 26.9 Å². The summed E-state index contributed by atoms with van der Waals surface area (Å²) < 4.78 is 17.0. The minimum atomic E-state index is -0.854. The second kappa shape index (κ2) is 28.4. The number of oxazole rings is 1. The number of nitrogens with zero attached hydrogens (tertiary/aromatic N) is 7. The molecule has 0 radical (unpaired) electrons. The molecular weight excluding hydrogens is 803 g/mol. The molecule has 0 saturated carbocycles. The fourth-order valence-electron chi connectivity index (χ4n) is 5.73. The molecule has 4 aromatic heterocycles. The third-order valence-electron chi connectivity index (χ3n) is 8.63. The van der Waals surface area contributed by atoms with Gasteiger partial charge in [-0.3, -0.25) is 19.8 Å². The fraction of sp³-hybridized carbons (Fsp3) is 0.432. The lowest BCUT2D eigenvalue weighted by atomic mass is 10.0. The van der Waals surface area contributed by atoms with Crippen LogP contribution in [0.1, 0.15) is 101 Å². The number of carboxylic acids is 1. The van der Waals surface area contributed by atoms with Gasteiger partial charge in [-0.2, -0.15) is 0 Å². The van der Waals surface area contributed by atoms with Crippen LogP contribution in [0.3, 0.4) is 0 Å². The number of aliphatic carboxylic acids is 1. The van der Waals surface area contributed by atoms with Crippen LogP contribution >= 0.6 is 22.7 Å². The topological polar surface area (TPSA) is 195 Å². The zero-order chi connectivity index (χ0) is 43.5. The molecule has 0 bridgehead atoms. The Balaban J connectivity index is 0.000000221. The number of aliphatic hydroxyl groups excluding tert-OH is 1. The number of carbonyl (C=O) groups is 2. The van der Waals surface area contributed by atoms with Crippen LogP contribution in [0.25, 0.3) is 21.4 Å². The molecule has 1 fully saturated rings. The molecule has 16 heteroatoms. The number of carboxylic acid groups (broad SMARTS) is 1. The highest BCUT2D eigenvalue weighted by Crippen LogP contribution is 2.22. The van der Waals surface area contributed by atoms with Crippen LogP contribution in [-0.2, 0) is 19.1 Å². The van der Waals surface area contributed by atoms with Gasteiger partial charge in [-0.05, 0) is 107 Å². The van der Waals surface area contributed by atoms with Crippen LogP contribution in [0, 0.1) is 0 Å². The van der Waals surface area contributed by atoms with Gasteiger partial charge in [-0.25, -0.2) is 9.97 Å². The number of ether oxygens (including phenoxy) is 2. The Morgan fingerprint density at radius 1 is 1.08 bits per heavy atom. The van der Waals surface area contributed by atoms with Crippen LogP contribution in [0.2, 0.25) is 0 Å². The van der Waals surface area contributed by atoms with Crippen LogP contribution in [0.5, 0.6) is 0 Å². The molecule has 14 nitrogen and oxygen atoms in total. The second-order valence-corrected chi connectivity index (χ2v) is 15.5. The molecule has 0 amide bonds. The molecule has 322 valence electrons. The van der Waals surface area contributed by atoms with Crippen LogP contribution in [-0.4, -0.2) is 104 Å². The van der Waals surface area contributed by atoms with E-state index in [-0.39, 0.29) is 24.9 Å². The SMILES string of the molecule is C/C=C(\CCC(C)=O)c1cnco1.CC(=NC(C)C)c1nncs1.COC/C(=C\CC(=O)O)c1cccnc1.OCCC(CC1CCCO1)N=Cc1ccc2ncsc2c1. The van der Waals surface area contributed by atoms with Crippen molar-refractivity contribution in [1.82, 2.24) is 25.1 Å². The zero-order valence-electron chi connectivity index (χ0n) is 35.3. The van der Waals surface area contributed by atoms with Crippen LogP contribution in [0.15, 0.2) is 92.9 Å². The zero-order valence-corrected chi connectivity index (χ0v) is 36.9. The lowest BCUT2D eigenvalue weighted by molar-refractivity contribution is -0.136. The maximum Gasteiger partial charge on any atom is 0.307 e. The predicted molar refractivity (Wildman–Crippen MR) is 240 cm³/mol. The van der Waals surface area contributed by atoms with Crippen molar-refractivity contribution in [1.29, 1.82) is 0 Å². The molecule has 2 atom stereocenters. The van der Waals surface area contributed by atoms with E-state index in [2.05, 4.69) is 41.2 Å². The number of carbonyl (C=O) groups excluding carboxylic acids is 1. The average molecular weight is 860 g/mol. The predicted octanol–water partition coefficient (Wildman–Crippen LogP) is 8.82. The Morgan fingerprint density at radius 3 is 2.52 bits per heavy atom. The van der Waals surface area contributed by atoms with Gasteiger partial charge in [0.2, 0.25) is 0 Å². The number of aromatic nitrogens is 5. The van der Waals surface area contributed by atoms with Crippen molar-refractivity contribution in [3.05, 3.63) is 100 Å². The number of pyridine rings is 1. The lowest BCUT2D eigenvalue weighted by Crippen LogP contribution is -2.17. The number of thiazole rings is 1. The van der Waals surface area contributed by atoms with Gasteiger partial charge in [-0.15, -0.1) is 21.5 Å². The van der Waals surface area contributed by atoms with Gasteiger partial charge >= 0.3 is 5.97 Å². The quantitative estimate of drug-likeness (QED) is 0.0845. The summed E-state index contributed by atoms with van der Waals surface area (Å²) in [5.41, 5.74) is 9.43. The molecule has 60 heavy (non-hydrogen) atoms. The maximum atomic E-state index is 10.8. The lowest BCUT2D eigenvalue weighted by Gasteiger charge is -2.15. The Bertz CT molecular complexity index is 2080. The second-order valence-electron chi connectivity index (χ2n) is 13.8. The third-order valence-corrected chi connectivity index (χ3v) is 10.2. The summed E-state index contributed by atoms with van der Waals surface area (Å²) in [4.78, 5) is 42.3. The van der Waals surface area contributed by atoms with Gasteiger partial charge in [-0.1, -0.05) is 35.6 Å². The van der Waals surface area contributed by atoms with Gasteiger partial charge < -0.3 is 28.9 Å². The van der Waals surface area contributed by atoms with Gasteiger partial charge in [0, 0.05) is 51.4 Å². The molecule has 6 rings (SSSR count). The number of hydrogen-bond donors (Lipinski definition) is 2. The monoisotopic (exact) mass is 859 g/mol. The Kier molecular flexibility index (Phi) is 23.3. The van der Waals surface area contributed by atoms with Crippen molar-refractivity contribution in [2.24, 2.45) is 9.98 Å². The number of benzene rings is 1. The Morgan fingerprint density at radius 2 is 1.92 bits per heavy atom. The van der Waals surface area contributed by atoms with E-state index in [1.807, 2.05) is 63.7 Å². The Labute approximate surface area is 360 Å². The number of rotatable bonds is 17. The highest BCUT2D eigenvalue weighted by Gasteiger charge is 2.20. The first-order valence-corrected chi connectivity index (χ1v) is 21.5. The third kappa shape index (κ3) is 19.3. The highest BCUT2D eigenvalue weighted by molar-refractivity contribution is 7.16. The van der Waals surface area contributed by atoms with Crippen LogP contribution in [0.4, 0.5) is 0 Å². The minimum absolute atomic E-state index is 0.00636. The summed E-state index contributed by atoms with van der Waals surface area (Å²) in [6.07, 6.45) is 17.4. The number of ketones is 1. The molecule has 5 heterocycles. The summed E-state index contributed by atoms with van der Waals surface area (Å²) in [6.45, 7) is 11.0. The summed E-state index contributed by atoms with van der Waals surface area (Å²) in [5, 5.41) is 26.3. The molecule has 1 saturated heterocycles. The van der Waals surface area contributed by atoms with Gasteiger partial charge in [0.15, 0.2) is 11.4 Å². The molecule has 0 aliphatic carbocycles. The number of aliphatic hydroxyl groups is 1. The molecular formula is C44H57N7O7S2. The first kappa shape index (κ1) is 49.2. The largest absolute Gasteiger partial charge is 0.481 e. The average Bonchev–Trinajstić information content (AvgIpc) is 4.09.